The van der Waals surface area contributed by atoms with Gasteiger partial charge in [0.2, 0.25) is 10.0 Å². The largest absolute Gasteiger partial charge is 0.497 e. The maximum Gasteiger partial charge on any atom is 0.235 e. The summed E-state index contributed by atoms with van der Waals surface area (Å²) in [5, 5.41) is 0. The highest BCUT2D eigenvalue weighted by atomic mass is 32.2. The van der Waals surface area contributed by atoms with Gasteiger partial charge >= 0.3 is 0 Å². The number of benzene rings is 1. The third kappa shape index (κ3) is 4.68. The second-order valence-corrected chi connectivity index (χ2v) is 6.59. The predicted molar refractivity (Wildman–Crippen MR) is 82.7 cm³/mol. The SMILES string of the molecule is CCCCS(=O)(=O)N(CCCN)c1ccc(OC)cc1. The summed E-state index contributed by atoms with van der Waals surface area (Å²) < 4.78 is 31.4. The number of rotatable bonds is 9. The van der Waals surface area contributed by atoms with E-state index in [1.165, 1.54) is 4.31 Å². The standard InChI is InChI=1S/C14H24N2O3S/c1-3-4-12-20(17,18)16(11-5-10-15)13-6-8-14(19-2)9-7-13/h6-9H,3-5,10-12,15H2,1-2H3. The van der Waals surface area contributed by atoms with E-state index in [4.69, 9.17) is 10.5 Å². The van der Waals surface area contributed by atoms with Crippen LogP contribution in [0.2, 0.25) is 0 Å². The lowest BCUT2D eigenvalue weighted by molar-refractivity contribution is 0.415. The number of ether oxygens (including phenoxy) is 1. The van der Waals surface area contributed by atoms with Gasteiger partial charge in [-0.25, -0.2) is 8.42 Å². The van der Waals surface area contributed by atoms with Gasteiger partial charge in [-0.1, -0.05) is 13.3 Å². The van der Waals surface area contributed by atoms with E-state index in [2.05, 4.69) is 0 Å². The van der Waals surface area contributed by atoms with Crippen molar-refractivity contribution in [3.63, 3.8) is 0 Å². The molecule has 0 fully saturated rings. The summed E-state index contributed by atoms with van der Waals surface area (Å²) in [6.45, 7) is 2.86. The van der Waals surface area contributed by atoms with Crippen LogP contribution in [0.5, 0.6) is 5.75 Å². The third-order valence-corrected chi connectivity index (χ3v) is 4.89. The number of hydrogen-bond acceptors (Lipinski definition) is 4. The first kappa shape index (κ1) is 16.8. The van der Waals surface area contributed by atoms with Gasteiger partial charge in [-0.05, 0) is 43.7 Å². The summed E-state index contributed by atoms with van der Waals surface area (Å²) in [4.78, 5) is 0. The number of methoxy groups -OCH3 is 1. The molecule has 0 saturated carbocycles. The van der Waals surface area contributed by atoms with Crippen molar-refractivity contribution < 1.29 is 13.2 Å². The molecule has 0 heterocycles. The maximum atomic E-state index is 12.4. The van der Waals surface area contributed by atoms with Gasteiger partial charge < -0.3 is 10.5 Å². The number of anilines is 1. The molecular formula is C14H24N2O3S. The van der Waals surface area contributed by atoms with E-state index >= 15 is 0 Å². The van der Waals surface area contributed by atoms with E-state index in [9.17, 15) is 8.42 Å². The number of nitrogens with zero attached hydrogens (tertiary/aromatic N) is 1. The molecule has 114 valence electrons. The van der Waals surface area contributed by atoms with Gasteiger partial charge in [0.25, 0.3) is 0 Å². The Morgan fingerprint density at radius 1 is 1.20 bits per heavy atom. The molecule has 0 amide bonds. The molecule has 0 aliphatic rings. The molecule has 20 heavy (non-hydrogen) atoms. The zero-order valence-corrected chi connectivity index (χ0v) is 13.0. The fraction of sp³-hybridized carbons (Fsp3) is 0.571. The Bertz CT molecular complexity index is 486. The number of nitrogens with two attached hydrogens (primary N) is 1. The van der Waals surface area contributed by atoms with Gasteiger partial charge in [-0.3, -0.25) is 4.31 Å². The van der Waals surface area contributed by atoms with Gasteiger partial charge in [0.15, 0.2) is 0 Å². The van der Waals surface area contributed by atoms with Crippen LogP contribution in [0, 0.1) is 0 Å². The maximum absolute atomic E-state index is 12.4. The van der Waals surface area contributed by atoms with Crippen molar-refractivity contribution in [2.45, 2.75) is 26.2 Å². The molecule has 0 bridgehead atoms. The first-order valence-electron chi connectivity index (χ1n) is 6.89. The fourth-order valence-electron chi connectivity index (χ4n) is 1.85. The molecule has 0 unspecified atom stereocenters. The first-order chi connectivity index (χ1) is 9.55. The van der Waals surface area contributed by atoms with Crippen molar-refractivity contribution in [1.82, 2.24) is 0 Å². The molecule has 2 N–H and O–H groups in total. The second-order valence-electron chi connectivity index (χ2n) is 4.58. The summed E-state index contributed by atoms with van der Waals surface area (Å²) in [6.07, 6.45) is 2.15. The van der Waals surface area contributed by atoms with Crippen molar-refractivity contribution in [2.24, 2.45) is 5.73 Å². The zero-order chi connectivity index (χ0) is 15.0. The van der Waals surface area contributed by atoms with E-state index < -0.39 is 10.0 Å². The summed E-state index contributed by atoms with van der Waals surface area (Å²) in [6, 6.07) is 7.05. The Morgan fingerprint density at radius 3 is 2.35 bits per heavy atom. The highest BCUT2D eigenvalue weighted by molar-refractivity contribution is 7.92. The summed E-state index contributed by atoms with van der Waals surface area (Å²) >= 11 is 0. The minimum atomic E-state index is -3.29. The topological polar surface area (TPSA) is 72.6 Å². The van der Waals surface area contributed by atoms with Gasteiger partial charge in [0.1, 0.15) is 5.75 Å². The molecule has 1 rings (SSSR count). The highest BCUT2D eigenvalue weighted by Gasteiger charge is 2.21. The molecule has 0 spiro atoms. The lowest BCUT2D eigenvalue weighted by Crippen LogP contribution is -2.34. The lowest BCUT2D eigenvalue weighted by atomic mass is 10.3. The monoisotopic (exact) mass is 300 g/mol. The summed E-state index contributed by atoms with van der Waals surface area (Å²) in [5.41, 5.74) is 6.16. The number of unbranched alkanes of at least 4 members (excludes halogenated alkanes) is 1. The fourth-order valence-corrected chi connectivity index (χ4v) is 3.57. The molecule has 0 atom stereocenters. The van der Waals surface area contributed by atoms with Crippen LogP contribution in [-0.2, 0) is 10.0 Å². The second kappa shape index (κ2) is 8.11. The predicted octanol–water partition coefficient (Wildman–Crippen LogP) is 1.98. The molecule has 5 nitrogen and oxygen atoms in total. The minimum Gasteiger partial charge on any atom is -0.497 e. The van der Waals surface area contributed by atoms with Crippen LogP contribution >= 0.6 is 0 Å². The van der Waals surface area contributed by atoms with Crippen LogP contribution in [0.1, 0.15) is 26.2 Å². The van der Waals surface area contributed by atoms with E-state index in [1.54, 1.807) is 31.4 Å². The van der Waals surface area contributed by atoms with Crippen LogP contribution in [-0.4, -0.2) is 34.4 Å². The Labute approximate surface area is 121 Å². The van der Waals surface area contributed by atoms with Gasteiger partial charge in [0, 0.05) is 6.54 Å². The Hall–Kier alpha value is -1.27. The molecule has 0 radical (unpaired) electrons. The van der Waals surface area contributed by atoms with Crippen LogP contribution < -0.4 is 14.8 Å². The highest BCUT2D eigenvalue weighted by Crippen LogP contribution is 2.22. The smallest absolute Gasteiger partial charge is 0.235 e. The molecule has 1 aromatic carbocycles. The molecule has 0 aromatic heterocycles. The van der Waals surface area contributed by atoms with Crippen LogP contribution in [0.15, 0.2) is 24.3 Å². The van der Waals surface area contributed by atoms with Crippen molar-refractivity contribution in [3.05, 3.63) is 24.3 Å². The van der Waals surface area contributed by atoms with Gasteiger partial charge in [0.05, 0.1) is 18.6 Å². The van der Waals surface area contributed by atoms with E-state index in [0.717, 1.165) is 6.42 Å². The van der Waals surface area contributed by atoms with Crippen LogP contribution in [0.4, 0.5) is 5.69 Å². The van der Waals surface area contributed by atoms with Crippen molar-refractivity contribution in [3.8, 4) is 5.75 Å². The molecule has 0 saturated heterocycles. The van der Waals surface area contributed by atoms with Crippen molar-refractivity contribution in [2.75, 3.05) is 30.3 Å². The van der Waals surface area contributed by atoms with Gasteiger partial charge in [-0.15, -0.1) is 0 Å². The summed E-state index contributed by atoms with van der Waals surface area (Å²) in [5.74, 6) is 0.874. The lowest BCUT2D eigenvalue weighted by Gasteiger charge is -2.24. The normalized spacial score (nSPS) is 11.3. The number of sulfonamides is 1. The minimum absolute atomic E-state index is 0.167. The van der Waals surface area contributed by atoms with E-state index in [0.29, 0.717) is 37.4 Å². The Morgan fingerprint density at radius 2 is 1.85 bits per heavy atom. The molecule has 0 aliphatic heterocycles. The average molecular weight is 300 g/mol. The van der Waals surface area contributed by atoms with Crippen molar-refractivity contribution in [1.29, 1.82) is 0 Å². The van der Waals surface area contributed by atoms with Gasteiger partial charge in [-0.2, -0.15) is 0 Å². The first-order valence-corrected chi connectivity index (χ1v) is 8.50. The van der Waals surface area contributed by atoms with E-state index in [-0.39, 0.29) is 5.75 Å². The third-order valence-electron chi connectivity index (χ3n) is 3.02. The van der Waals surface area contributed by atoms with Crippen molar-refractivity contribution >= 4 is 15.7 Å². The number of hydrogen-bond donors (Lipinski definition) is 1. The Kier molecular flexibility index (Phi) is 6.81. The molecule has 0 aliphatic carbocycles. The van der Waals surface area contributed by atoms with Crippen LogP contribution in [0.25, 0.3) is 0 Å². The molecule has 6 heteroatoms. The zero-order valence-electron chi connectivity index (χ0n) is 12.2. The van der Waals surface area contributed by atoms with Crippen LogP contribution in [0.3, 0.4) is 0 Å². The summed E-state index contributed by atoms with van der Waals surface area (Å²) in [7, 11) is -1.71. The quantitative estimate of drug-likeness (QED) is 0.757. The molecule has 1 aromatic rings. The molecular weight excluding hydrogens is 276 g/mol. The average Bonchev–Trinajstić information content (AvgIpc) is 2.46. The van der Waals surface area contributed by atoms with E-state index in [1.807, 2.05) is 6.92 Å². The Balaban J connectivity index is 2.97.